The van der Waals surface area contributed by atoms with Gasteiger partial charge in [-0.25, -0.2) is 9.78 Å². The van der Waals surface area contributed by atoms with Crippen molar-refractivity contribution in [3.8, 4) is 0 Å². The summed E-state index contributed by atoms with van der Waals surface area (Å²) in [4.78, 5) is 35.2. The molecule has 2 aliphatic rings. The van der Waals surface area contributed by atoms with E-state index in [1.54, 1.807) is 7.11 Å². The van der Waals surface area contributed by atoms with Crippen LogP contribution in [-0.4, -0.2) is 74.8 Å². The molecule has 5 rings (SSSR count). The van der Waals surface area contributed by atoms with Crippen molar-refractivity contribution in [1.82, 2.24) is 19.4 Å². The van der Waals surface area contributed by atoms with Crippen LogP contribution in [0.4, 0.5) is 4.79 Å². The number of likely N-dealkylation sites (tertiary alicyclic amines) is 1. The highest BCUT2D eigenvalue weighted by atomic mass is 16.5. The van der Waals surface area contributed by atoms with E-state index < -0.39 is 17.7 Å². The van der Waals surface area contributed by atoms with Crippen LogP contribution in [-0.2, 0) is 35.3 Å². The Labute approximate surface area is 256 Å². The number of rotatable bonds is 10. The molecule has 2 aromatic carbocycles. The molecule has 0 radical (unpaired) electrons. The molecule has 232 valence electrons. The molecule has 43 heavy (non-hydrogen) atoms. The molecule has 8 heteroatoms. The van der Waals surface area contributed by atoms with Gasteiger partial charge in [0.15, 0.2) is 0 Å². The number of benzene rings is 2. The number of aryl methyl sites for hydroxylation is 1. The number of carbonyl (C=O) groups is 2. The Balaban J connectivity index is 1.37. The van der Waals surface area contributed by atoms with Gasteiger partial charge in [-0.1, -0.05) is 42.5 Å². The fraction of sp³-hybridized carbons (Fsp3) is 0.571. The fourth-order valence-electron chi connectivity index (χ4n) is 7.18. The van der Waals surface area contributed by atoms with E-state index >= 15 is 0 Å². The van der Waals surface area contributed by atoms with Gasteiger partial charge in [0.1, 0.15) is 5.82 Å². The molecule has 2 heterocycles. The lowest BCUT2D eigenvalue weighted by molar-refractivity contribution is -0.134. The van der Waals surface area contributed by atoms with Gasteiger partial charge in [0.25, 0.3) is 0 Å². The second-order valence-corrected chi connectivity index (χ2v) is 13.3. The SMILES string of the molecule is COCCCn1c([C@@H]2CCCN(C(=O)C[C@@H](Cc3ccc4ccccc4c3)N(C(=O)O)C(C)(C)C)C2)nc2c1CCCC2. The van der Waals surface area contributed by atoms with Crippen LogP contribution in [0.5, 0.6) is 0 Å². The second-order valence-electron chi connectivity index (χ2n) is 13.3. The number of hydrogen-bond donors (Lipinski definition) is 1. The van der Waals surface area contributed by atoms with Crippen LogP contribution in [0.25, 0.3) is 10.8 Å². The van der Waals surface area contributed by atoms with E-state index in [9.17, 15) is 14.7 Å². The summed E-state index contributed by atoms with van der Waals surface area (Å²) in [5, 5.41) is 12.6. The minimum Gasteiger partial charge on any atom is -0.465 e. The van der Waals surface area contributed by atoms with E-state index in [1.165, 1.54) is 29.1 Å². The summed E-state index contributed by atoms with van der Waals surface area (Å²) in [5.41, 5.74) is 3.00. The van der Waals surface area contributed by atoms with E-state index in [0.717, 1.165) is 60.8 Å². The molecule has 1 saturated heterocycles. The number of ether oxygens (including phenoxy) is 1. The molecule has 2 amide bonds. The predicted molar refractivity (Wildman–Crippen MR) is 170 cm³/mol. The summed E-state index contributed by atoms with van der Waals surface area (Å²) in [5.74, 6) is 1.33. The van der Waals surface area contributed by atoms with Crippen LogP contribution >= 0.6 is 0 Å². The molecule has 0 saturated carbocycles. The van der Waals surface area contributed by atoms with Crippen molar-refractivity contribution in [2.75, 3.05) is 26.8 Å². The lowest BCUT2D eigenvalue weighted by Gasteiger charge is -2.41. The number of amides is 2. The lowest BCUT2D eigenvalue weighted by Crippen LogP contribution is -2.54. The summed E-state index contributed by atoms with van der Waals surface area (Å²) in [6, 6.07) is 14.0. The highest BCUT2D eigenvalue weighted by Crippen LogP contribution is 2.32. The Morgan fingerprint density at radius 2 is 1.86 bits per heavy atom. The molecule has 1 aliphatic heterocycles. The molecule has 0 bridgehead atoms. The molecule has 3 aromatic rings. The van der Waals surface area contributed by atoms with Crippen molar-refractivity contribution in [3.63, 3.8) is 0 Å². The summed E-state index contributed by atoms with van der Waals surface area (Å²) < 4.78 is 7.78. The van der Waals surface area contributed by atoms with Crippen LogP contribution in [0.15, 0.2) is 42.5 Å². The average molecular weight is 589 g/mol. The third kappa shape index (κ3) is 7.23. The van der Waals surface area contributed by atoms with Crippen LogP contribution in [0.3, 0.4) is 0 Å². The predicted octanol–water partition coefficient (Wildman–Crippen LogP) is 6.44. The first-order chi connectivity index (χ1) is 20.7. The number of piperidine rings is 1. The van der Waals surface area contributed by atoms with Gasteiger partial charge in [-0.3, -0.25) is 9.69 Å². The lowest BCUT2D eigenvalue weighted by atomic mass is 9.93. The van der Waals surface area contributed by atoms with E-state index in [-0.39, 0.29) is 18.2 Å². The maximum Gasteiger partial charge on any atom is 0.408 e. The summed E-state index contributed by atoms with van der Waals surface area (Å²) in [6.45, 7) is 8.65. The minimum atomic E-state index is -0.994. The molecule has 0 spiro atoms. The number of methoxy groups -OCH3 is 1. The number of fused-ring (bicyclic) bond motifs is 2. The minimum absolute atomic E-state index is 0.0215. The number of nitrogens with zero attached hydrogens (tertiary/aromatic N) is 4. The van der Waals surface area contributed by atoms with Gasteiger partial charge >= 0.3 is 6.09 Å². The number of imidazole rings is 1. The third-order valence-electron chi connectivity index (χ3n) is 9.12. The van der Waals surface area contributed by atoms with Crippen molar-refractivity contribution in [2.45, 2.75) is 103 Å². The smallest absolute Gasteiger partial charge is 0.408 e. The monoisotopic (exact) mass is 588 g/mol. The van der Waals surface area contributed by atoms with E-state index in [1.807, 2.05) is 37.8 Å². The Bertz CT molecular complexity index is 1420. The highest BCUT2D eigenvalue weighted by Gasteiger charge is 2.37. The van der Waals surface area contributed by atoms with Gasteiger partial charge in [-0.05, 0) is 88.5 Å². The first-order valence-electron chi connectivity index (χ1n) is 16.0. The molecule has 1 aromatic heterocycles. The quantitative estimate of drug-likeness (QED) is 0.276. The number of hydrogen-bond acceptors (Lipinski definition) is 4. The zero-order valence-electron chi connectivity index (χ0n) is 26.3. The Morgan fingerprint density at radius 1 is 1.09 bits per heavy atom. The largest absolute Gasteiger partial charge is 0.465 e. The molecule has 0 unspecified atom stereocenters. The topological polar surface area (TPSA) is 87.9 Å². The van der Waals surface area contributed by atoms with Gasteiger partial charge in [0.05, 0.1) is 5.69 Å². The standard InChI is InChI=1S/C35H48N4O4/c1-35(2,3)39(34(41)42)29(22-25-16-17-26-11-5-6-12-27(26)21-25)23-32(40)37-18-9-13-28(24-37)33-36-30-14-7-8-15-31(30)38(33)19-10-20-43-4/h5-6,11-12,16-17,21,28-29H,7-10,13-15,18-20,22-24H2,1-4H3,(H,41,42)/t28-,29-/m1/s1. The van der Waals surface area contributed by atoms with Crippen molar-refractivity contribution in [2.24, 2.45) is 0 Å². The van der Waals surface area contributed by atoms with E-state index in [4.69, 9.17) is 9.72 Å². The van der Waals surface area contributed by atoms with Gasteiger partial charge in [-0.15, -0.1) is 0 Å². The Hall–Kier alpha value is -3.39. The van der Waals surface area contributed by atoms with Gasteiger partial charge in [-0.2, -0.15) is 0 Å². The zero-order valence-corrected chi connectivity index (χ0v) is 26.3. The van der Waals surface area contributed by atoms with Gasteiger partial charge in [0, 0.05) is 63.0 Å². The van der Waals surface area contributed by atoms with Crippen LogP contribution < -0.4 is 0 Å². The number of aromatic nitrogens is 2. The first kappa shape index (κ1) is 31.0. The molecule has 1 N–H and O–H groups in total. The molecule has 8 nitrogen and oxygen atoms in total. The first-order valence-corrected chi connectivity index (χ1v) is 16.0. The summed E-state index contributed by atoms with van der Waals surface area (Å²) >= 11 is 0. The van der Waals surface area contributed by atoms with Crippen molar-refractivity contribution in [3.05, 3.63) is 65.2 Å². The highest BCUT2D eigenvalue weighted by molar-refractivity contribution is 5.83. The maximum absolute atomic E-state index is 14.0. The van der Waals surface area contributed by atoms with E-state index in [0.29, 0.717) is 26.1 Å². The van der Waals surface area contributed by atoms with Crippen molar-refractivity contribution >= 4 is 22.8 Å². The number of carboxylic acid groups (broad SMARTS) is 1. The second kappa shape index (κ2) is 13.5. The molecule has 2 atom stereocenters. The van der Waals surface area contributed by atoms with Gasteiger partial charge in [0.2, 0.25) is 5.91 Å². The fourth-order valence-corrected chi connectivity index (χ4v) is 7.18. The van der Waals surface area contributed by atoms with Gasteiger partial charge < -0.3 is 19.3 Å². The zero-order chi connectivity index (χ0) is 30.6. The normalized spacial score (nSPS) is 18.0. The molecular weight excluding hydrogens is 540 g/mol. The van der Waals surface area contributed by atoms with Crippen LogP contribution in [0.2, 0.25) is 0 Å². The summed E-state index contributed by atoms with van der Waals surface area (Å²) in [6.07, 6.45) is 6.99. The third-order valence-corrected chi connectivity index (χ3v) is 9.12. The summed E-state index contributed by atoms with van der Waals surface area (Å²) in [7, 11) is 1.74. The van der Waals surface area contributed by atoms with E-state index in [2.05, 4.69) is 34.9 Å². The molecular formula is C35H48N4O4. The average Bonchev–Trinajstić information content (AvgIpc) is 3.35. The molecule has 1 fully saturated rings. The Kier molecular flexibility index (Phi) is 9.75. The maximum atomic E-state index is 14.0. The van der Waals surface area contributed by atoms with Crippen molar-refractivity contribution < 1.29 is 19.4 Å². The van der Waals surface area contributed by atoms with Crippen LogP contribution in [0, 0.1) is 0 Å². The number of carbonyl (C=O) groups excluding carboxylic acids is 1. The van der Waals surface area contributed by atoms with Crippen molar-refractivity contribution in [1.29, 1.82) is 0 Å². The Morgan fingerprint density at radius 3 is 2.60 bits per heavy atom. The van der Waals surface area contributed by atoms with Crippen LogP contribution in [0.1, 0.15) is 88.0 Å². The molecule has 1 aliphatic carbocycles.